The molecule has 4 rings (SSSR count). The van der Waals surface area contributed by atoms with Crippen LogP contribution in [0.3, 0.4) is 0 Å². The molecular formula is C28H33N3O4. The van der Waals surface area contributed by atoms with Gasteiger partial charge in [0.25, 0.3) is 5.91 Å². The normalized spacial score (nSPS) is 14.3. The van der Waals surface area contributed by atoms with Crippen LogP contribution in [-0.2, 0) is 29.2 Å². The van der Waals surface area contributed by atoms with Crippen LogP contribution in [0.5, 0.6) is 0 Å². The summed E-state index contributed by atoms with van der Waals surface area (Å²) in [6.07, 6.45) is 2.66. The van der Waals surface area contributed by atoms with Gasteiger partial charge in [-0.2, -0.15) is 0 Å². The standard InChI is InChI=1S/C28H33N3O4/c1-3-34-28(33)24-12-14-31(15-13-24)27(32)25-20-35-26(29-25)19-30(17-22-9-5-4-6-10-22)18-23-11-7-8-21(2)16-23/h4-11,16,20,24H,3,12-15,17-19H2,1-2H3. The number of aryl methyl sites for hydroxylation is 1. The zero-order valence-electron chi connectivity index (χ0n) is 20.5. The van der Waals surface area contributed by atoms with E-state index in [1.54, 1.807) is 11.8 Å². The van der Waals surface area contributed by atoms with Crippen molar-refractivity contribution < 1.29 is 18.7 Å². The maximum absolute atomic E-state index is 13.0. The van der Waals surface area contributed by atoms with Crippen LogP contribution in [0.25, 0.3) is 0 Å². The van der Waals surface area contributed by atoms with E-state index in [1.807, 2.05) is 18.2 Å². The molecular weight excluding hydrogens is 442 g/mol. The molecule has 0 aliphatic carbocycles. The Labute approximate surface area is 206 Å². The van der Waals surface area contributed by atoms with Crippen LogP contribution in [0.1, 0.15) is 52.8 Å². The molecule has 1 aliphatic heterocycles. The van der Waals surface area contributed by atoms with Crippen LogP contribution in [-0.4, -0.2) is 46.4 Å². The zero-order chi connectivity index (χ0) is 24.6. The average molecular weight is 476 g/mol. The molecule has 0 atom stereocenters. The van der Waals surface area contributed by atoms with Crippen LogP contribution in [0.2, 0.25) is 0 Å². The highest BCUT2D eigenvalue weighted by molar-refractivity contribution is 5.92. The number of carbonyl (C=O) groups excluding carboxylic acids is 2. The molecule has 0 bridgehead atoms. The third-order valence-corrected chi connectivity index (χ3v) is 6.27. The lowest BCUT2D eigenvalue weighted by molar-refractivity contribution is -0.149. The van der Waals surface area contributed by atoms with Gasteiger partial charge in [-0.15, -0.1) is 0 Å². The summed E-state index contributed by atoms with van der Waals surface area (Å²) >= 11 is 0. The first-order valence-corrected chi connectivity index (χ1v) is 12.2. The van der Waals surface area contributed by atoms with Gasteiger partial charge < -0.3 is 14.1 Å². The van der Waals surface area contributed by atoms with E-state index in [0.717, 1.165) is 13.1 Å². The molecule has 2 aromatic carbocycles. The van der Waals surface area contributed by atoms with Crippen molar-refractivity contribution in [2.75, 3.05) is 19.7 Å². The minimum absolute atomic E-state index is 0.139. The van der Waals surface area contributed by atoms with Crippen molar-refractivity contribution >= 4 is 11.9 Å². The maximum atomic E-state index is 13.0. The Bertz CT molecular complexity index is 1120. The number of benzene rings is 2. The molecule has 0 saturated carbocycles. The fourth-order valence-corrected chi connectivity index (χ4v) is 4.49. The highest BCUT2D eigenvalue weighted by atomic mass is 16.5. The van der Waals surface area contributed by atoms with Gasteiger partial charge in [0.05, 0.1) is 19.1 Å². The van der Waals surface area contributed by atoms with E-state index in [1.165, 1.54) is 23.0 Å². The molecule has 1 amide bonds. The molecule has 1 aliphatic rings. The first-order valence-electron chi connectivity index (χ1n) is 12.2. The Kier molecular flexibility index (Phi) is 8.32. The van der Waals surface area contributed by atoms with Crippen LogP contribution in [0, 0.1) is 12.8 Å². The topological polar surface area (TPSA) is 75.9 Å². The first kappa shape index (κ1) is 24.7. The van der Waals surface area contributed by atoms with E-state index >= 15 is 0 Å². The molecule has 0 spiro atoms. The van der Waals surface area contributed by atoms with Crippen molar-refractivity contribution in [3.8, 4) is 0 Å². The Hall–Kier alpha value is -3.45. The Morgan fingerprint density at radius 3 is 2.46 bits per heavy atom. The molecule has 0 radical (unpaired) electrons. The molecule has 0 N–H and O–H groups in total. The van der Waals surface area contributed by atoms with E-state index in [0.29, 0.717) is 50.7 Å². The number of hydrogen-bond acceptors (Lipinski definition) is 6. The summed E-state index contributed by atoms with van der Waals surface area (Å²) in [4.78, 5) is 33.5. The van der Waals surface area contributed by atoms with Crippen molar-refractivity contribution in [2.45, 2.75) is 46.3 Å². The smallest absolute Gasteiger partial charge is 0.309 e. The Morgan fingerprint density at radius 2 is 1.74 bits per heavy atom. The first-order chi connectivity index (χ1) is 17.0. The number of carbonyl (C=O) groups is 2. The van der Waals surface area contributed by atoms with Crippen LogP contribution in [0.15, 0.2) is 65.3 Å². The largest absolute Gasteiger partial charge is 0.466 e. The van der Waals surface area contributed by atoms with Gasteiger partial charge in [-0.05, 0) is 37.8 Å². The van der Waals surface area contributed by atoms with Gasteiger partial charge in [-0.25, -0.2) is 4.98 Å². The van der Waals surface area contributed by atoms with Crippen molar-refractivity contribution in [3.05, 3.63) is 89.1 Å². The molecule has 7 nitrogen and oxygen atoms in total. The van der Waals surface area contributed by atoms with Crippen molar-refractivity contribution in [3.63, 3.8) is 0 Å². The number of nitrogens with zero attached hydrogens (tertiary/aromatic N) is 3. The summed E-state index contributed by atoms with van der Waals surface area (Å²) in [6.45, 7) is 7.26. The second-order valence-corrected chi connectivity index (χ2v) is 9.06. The van der Waals surface area contributed by atoms with Gasteiger partial charge in [0.2, 0.25) is 5.89 Å². The highest BCUT2D eigenvalue weighted by Crippen LogP contribution is 2.21. The minimum Gasteiger partial charge on any atom is -0.466 e. The number of oxazole rings is 1. The highest BCUT2D eigenvalue weighted by Gasteiger charge is 2.30. The van der Waals surface area contributed by atoms with E-state index in [2.05, 4.69) is 53.2 Å². The number of esters is 1. The molecule has 1 saturated heterocycles. The quantitative estimate of drug-likeness (QED) is 0.421. The summed E-state index contributed by atoms with van der Waals surface area (Å²) in [5, 5.41) is 0. The van der Waals surface area contributed by atoms with Gasteiger partial charge in [0.15, 0.2) is 5.69 Å². The van der Waals surface area contributed by atoms with Gasteiger partial charge in [-0.3, -0.25) is 14.5 Å². The number of amides is 1. The van der Waals surface area contributed by atoms with E-state index < -0.39 is 0 Å². The number of piperidine rings is 1. The second-order valence-electron chi connectivity index (χ2n) is 9.06. The van der Waals surface area contributed by atoms with Gasteiger partial charge in [0.1, 0.15) is 6.26 Å². The third-order valence-electron chi connectivity index (χ3n) is 6.27. The SMILES string of the molecule is CCOC(=O)C1CCN(C(=O)c2coc(CN(Cc3ccccc3)Cc3cccc(C)c3)n2)CC1. The fourth-order valence-electron chi connectivity index (χ4n) is 4.49. The van der Waals surface area contributed by atoms with Gasteiger partial charge >= 0.3 is 5.97 Å². The fraction of sp³-hybridized carbons (Fsp3) is 0.393. The van der Waals surface area contributed by atoms with Crippen molar-refractivity contribution in [2.24, 2.45) is 5.92 Å². The predicted octanol–water partition coefficient (Wildman–Crippen LogP) is 4.60. The van der Waals surface area contributed by atoms with Crippen LogP contribution < -0.4 is 0 Å². The van der Waals surface area contributed by atoms with Crippen LogP contribution in [0.4, 0.5) is 0 Å². The molecule has 1 aromatic heterocycles. The van der Waals surface area contributed by atoms with Crippen molar-refractivity contribution in [1.29, 1.82) is 0 Å². The van der Waals surface area contributed by atoms with Crippen molar-refractivity contribution in [1.82, 2.24) is 14.8 Å². The molecule has 3 aromatic rings. The summed E-state index contributed by atoms with van der Waals surface area (Å²) in [5.41, 5.74) is 3.95. The maximum Gasteiger partial charge on any atom is 0.309 e. The summed E-state index contributed by atoms with van der Waals surface area (Å²) in [6, 6.07) is 18.8. The Balaban J connectivity index is 1.40. The lowest BCUT2D eigenvalue weighted by Crippen LogP contribution is -2.40. The number of ether oxygens (including phenoxy) is 1. The molecule has 7 heteroatoms. The summed E-state index contributed by atoms with van der Waals surface area (Å²) in [5.74, 6) is 0.0458. The predicted molar refractivity (Wildman–Crippen MR) is 132 cm³/mol. The Morgan fingerprint density at radius 1 is 1.03 bits per heavy atom. The lowest BCUT2D eigenvalue weighted by atomic mass is 9.97. The molecule has 35 heavy (non-hydrogen) atoms. The van der Waals surface area contributed by atoms with Gasteiger partial charge in [0, 0.05) is 26.2 Å². The number of rotatable bonds is 9. The molecule has 2 heterocycles. The average Bonchev–Trinajstić information content (AvgIpc) is 3.33. The number of aromatic nitrogens is 1. The summed E-state index contributed by atoms with van der Waals surface area (Å²) in [7, 11) is 0. The number of likely N-dealkylation sites (tertiary alicyclic amines) is 1. The third kappa shape index (κ3) is 6.79. The van der Waals surface area contributed by atoms with Crippen LogP contribution >= 0.6 is 0 Å². The molecule has 184 valence electrons. The van der Waals surface area contributed by atoms with E-state index in [4.69, 9.17) is 9.15 Å². The molecule has 0 unspecified atom stereocenters. The second kappa shape index (κ2) is 11.8. The minimum atomic E-state index is -0.171. The number of hydrogen-bond donors (Lipinski definition) is 0. The molecule has 1 fully saturated rings. The van der Waals surface area contributed by atoms with E-state index in [-0.39, 0.29) is 17.8 Å². The van der Waals surface area contributed by atoms with Gasteiger partial charge in [-0.1, -0.05) is 60.2 Å². The van der Waals surface area contributed by atoms with E-state index in [9.17, 15) is 9.59 Å². The monoisotopic (exact) mass is 475 g/mol. The zero-order valence-corrected chi connectivity index (χ0v) is 20.5. The summed E-state index contributed by atoms with van der Waals surface area (Å²) < 4.78 is 10.8. The lowest BCUT2D eigenvalue weighted by Gasteiger charge is -2.30.